The summed E-state index contributed by atoms with van der Waals surface area (Å²) < 4.78 is 5.19. The molecule has 0 spiro atoms. The lowest BCUT2D eigenvalue weighted by atomic mass is 9.92. The van der Waals surface area contributed by atoms with Crippen molar-refractivity contribution < 1.29 is 9.53 Å². The molecule has 0 aliphatic heterocycles. The molecule has 0 aliphatic carbocycles. The van der Waals surface area contributed by atoms with Gasteiger partial charge in [0.05, 0.1) is 5.92 Å². The average Bonchev–Trinajstić information content (AvgIpc) is 2.27. The van der Waals surface area contributed by atoms with Gasteiger partial charge in [-0.3, -0.25) is 4.79 Å². The zero-order chi connectivity index (χ0) is 12.8. The van der Waals surface area contributed by atoms with Crippen LogP contribution < -0.4 is 0 Å². The summed E-state index contributed by atoms with van der Waals surface area (Å²) in [7, 11) is 0. The number of benzene rings is 1. The van der Waals surface area contributed by atoms with Crippen molar-refractivity contribution in [1.29, 1.82) is 5.41 Å². The molecular weight excluding hydrogens is 214 g/mol. The van der Waals surface area contributed by atoms with Crippen LogP contribution in [0.3, 0.4) is 0 Å². The summed E-state index contributed by atoms with van der Waals surface area (Å²) in [6, 6.07) is 9.49. The molecule has 1 radical (unpaired) electrons. The van der Waals surface area contributed by atoms with Crippen molar-refractivity contribution in [3.8, 4) is 0 Å². The molecule has 0 heterocycles. The molecule has 1 N–H and O–H groups in total. The van der Waals surface area contributed by atoms with E-state index in [2.05, 4.69) is 6.92 Å². The lowest BCUT2D eigenvalue weighted by molar-refractivity contribution is -0.148. The molecule has 91 valence electrons. The van der Waals surface area contributed by atoms with Gasteiger partial charge in [-0.2, -0.15) is 0 Å². The summed E-state index contributed by atoms with van der Waals surface area (Å²) in [5.41, 5.74) is 1.24. The molecule has 0 bridgehead atoms. The van der Waals surface area contributed by atoms with Gasteiger partial charge in [0.2, 0.25) is 0 Å². The first kappa shape index (κ1) is 13.4. The van der Waals surface area contributed by atoms with Gasteiger partial charge in [-0.25, -0.2) is 0 Å². The summed E-state index contributed by atoms with van der Waals surface area (Å²) in [5, 5.41) is 7.55. The Morgan fingerprint density at radius 3 is 2.47 bits per heavy atom. The topological polar surface area (TPSA) is 50.2 Å². The number of nitrogens with one attached hydrogen (secondary N) is 1. The van der Waals surface area contributed by atoms with Gasteiger partial charge in [0.1, 0.15) is 6.61 Å². The lowest BCUT2D eigenvalue weighted by Gasteiger charge is -2.18. The third kappa shape index (κ3) is 4.02. The van der Waals surface area contributed by atoms with Crippen LogP contribution in [-0.2, 0) is 16.1 Å². The van der Waals surface area contributed by atoms with E-state index < -0.39 is 5.92 Å². The van der Waals surface area contributed by atoms with Crippen LogP contribution in [0.25, 0.3) is 0 Å². The Bertz CT molecular complexity index is 384. The lowest BCUT2D eigenvalue weighted by Crippen LogP contribution is -2.28. The average molecular weight is 232 g/mol. The van der Waals surface area contributed by atoms with Gasteiger partial charge in [0.25, 0.3) is 0 Å². The van der Waals surface area contributed by atoms with Crippen LogP contribution in [-0.4, -0.2) is 11.7 Å². The Hall–Kier alpha value is -1.64. The van der Waals surface area contributed by atoms with E-state index in [0.29, 0.717) is 5.71 Å². The highest BCUT2D eigenvalue weighted by molar-refractivity contribution is 5.99. The Balaban J connectivity index is 2.57. The molecule has 3 heteroatoms. The largest absolute Gasteiger partial charge is 0.460 e. The van der Waals surface area contributed by atoms with Crippen LogP contribution >= 0.6 is 0 Å². The molecule has 17 heavy (non-hydrogen) atoms. The van der Waals surface area contributed by atoms with Crippen molar-refractivity contribution in [1.82, 2.24) is 0 Å². The summed E-state index contributed by atoms with van der Waals surface area (Å²) in [5.74, 6) is -1.07. The van der Waals surface area contributed by atoms with Crippen LogP contribution in [0.15, 0.2) is 30.3 Å². The predicted octanol–water partition coefficient (Wildman–Crippen LogP) is 2.86. The third-order valence-electron chi connectivity index (χ3n) is 2.51. The Morgan fingerprint density at radius 2 is 2.00 bits per heavy atom. The van der Waals surface area contributed by atoms with E-state index in [1.165, 1.54) is 0 Å². The number of esters is 1. The fraction of sp³-hybridized carbons (Fsp3) is 0.357. The van der Waals surface area contributed by atoms with Crippen LogP contribution in [0.1, 0.15) is 19.4 Å². The molecule has 2 atom stereocenters. The van der Waals surface area contributed by atoms with E-state index in [-0.39, 0.29) is 18.5 Å². The van der Waals surface area contributed by atoms with E-state index in [0.717, 1.165) is 5.56 Å². The molecule has 0 saturated carbocycles. The second-order valence-electron chi connectivity index (χ2n) is 4.23. The van der Waals surface area contributed by atoms with Crippen molar-refractivity contribution in [2.75, 3.05) is 0 Å². The first-order chi connectivity index (χ1) is 8.02. The van der Waals surface area contributed by atoms with Crippen LogP contribution in [0, 0.1) is 24.2 Å². The van der Waals surface area contributed by atoms with Crippen LogP contribution in [0.4, 0.5) is 0 Å². The fourth-order valence-electron chi connectivity index (χ4n) is 1.65. The normalized spacial score (nSPS) is 12.2. The summed E-state index contributed by atoms with van der Waals surface area (Å²) in [4.78, 5) is 11.8. The molecule has 3 nitrogen and oxygen atoms in total. The maximum Gasteiger partial charge on any atom is 0.315 e. The van der Waals surface area contributed by atoms with Gasteiger partial charge in [0, 0.05) is 5.71 Å². The van der Waals surface area contributed by atoms with E-state index in [4.69, 9.17) is 10.1 Å². The second-order valence-corrected chi connectivity index (χ2v) is 4.23. The quantitative estimate of drug-likeness (QED) is 0.627. The van der Waals surface area contributed by atoms with Gasteiger partial charge in [-0.05, 0) is 25.3 Å². The highest BCUT2D eigenvalue weighted by Gasteiger charge is 2.25. The number of hydrogen-bond acceptors (Lipinski definition) is 3. The zero-order valence-electron chi connectivity index (χ0n) is 10.3. The van der Waals surface area contributed by atoms with Gasteiger partial charge in [-0.15, -0.1) is 0 Å². The van der Waals surface area contributed by atoms with E-state index in [9.17, 15) is 4.79 Å². The van der Waals surface area contributed by atoms with Gasteiger partial charge in [-0.1, -0.05) is 37.3 Å². The predicted molar refractivity (Wildman–Crippen MR) is 67.6 cm³/mol. The molecule has 2 unspecified atom stereocenters. The fourth-order valence-corrected chi connectivity index (χ4v) is 1.65. The summed E-state index contributed by atoms with van der Waals surface area (Å²) in [6.45, 7) is 7.46. The first-order valence-corrected chi connectivity index (χ1v) is 5.61. The second kappa shape index (κ2) is 6.18. The minimum absolute atomic E-state index is 0.157. The molecule has 0 saturated heterocycles. The third-order valence-corrected chi connectivity index (χ3v) is 2.51. The van der Waals surface area contributed by atoms with Crippen LogP contribution in [0.5, 0.6) is 0 Å². The number of hydrogen-bond donors (Lipinski definition) is 1. The van der Waals surface area contributed by atoms with Gasteiger partial charge in [0.15, 0.2) is 0 Å². The summed E-state index contributed by atoms with van der Waals surface area (Å²) >= 11 is 0. The smallest absolute Gasteiger partial charge is 0.315 e. The van der Waals surface area contributed by atoms with Crippen molar-refractivity contribution in [3.63, 3.8) is 0 Å². The summed E-state index contributed by atoms with van der Waals surface area (Å²) in [6.07, 6.45) is 0. The SMILES string of the molecule is [CH2]C(C)C(C(C)=N)C(=O)OCc1ccccc1. The van der Waals surface area contributed by atoms with Crippen molar-refractivity contribution in [2.45, 2.75) is 20.5 Å². The Kier molecular flexibility index (Phi) is 4.88. The molecule has 1 aromatic rings. The van der Waals surface area contributed by atoms with Crippen molar-refractivity contribution in [2.24, 2.45) is 11.8 Å². The molecule has 1 aromatic carbocycles. The monoisotopic (exact) mass is 232 g/mol. The molecule has 1 rings (SSSR count). The van der Waals surface area contributed by atoms with E-state index in [1.54, 1.807) is 6.92 Å². The van der Waals surface area contributed by atoms with E-state index in [1.807, 2.05) is 37.3 Å². The van der Waals surface area contributed by atoms with Crippen molar-refractivity contribution in [3.05, 3.63) is 42.8 Å². The number of rotatable bonds is 5. The number of carbonyl (C=O) groups is 1. The molecule has 0 amide bonds. The zero-order valence-corrected chi connectivity index (χ0v) is 10.3. The highest BCUT2D eigenvalue weighted by atomic mass is 16.5. The number of carbonyl (C=O) groups excluding carboxylic acids is 1. The molecule has 0 aromatic heterocycles. The standard InChI is InChI=1S/C14H18NO2/c1-10(2)13(11(3)15)14(16)17-9-12-7-5-4-6-8-12/h4-8,10,13,15H,1,9H2,2-3H3. The molecular formula is C14H18NO2. The molecule has 0 aliphatic rings. The van der Waals surface area contributed by atoms with E-state index >= 15 is 0 Å². The number of ether oxygens (including phenoxy) is 1. The van der Waals surface area contributed by atoms with Crippen LogP contribution in [0.2, 0.25) is 0 Å². The van der Waals surface area contributed by atoms with Gasteiger partial charge < -0.3 is 10.1 Å². The molecule has 0 fully saturated rings. The minimum Gasteiger partial charge on any atom is -0.460 e. The highest BCUT2D eigenvalue weighted by Crippen LogP contribution is 2.15. The maximum atomic E-state index is 11.8. The Morgan fingerprint density at radius 1 is 1.41 bits per heavy atom. The minimum atomic E-state index is -0.543. The van der Waals surface area contributed by atoms with Gasteiger partial charge >= 0.3 is 5.97 Å². The first-order valence-electron chi connectivity index (χ1n) is 5.61. The maximum absolute atomic E-state index is 11.8. The Labute approximate surface area is 102 Å². The van der Waals surface area contributed by atoms with Crippen molar-refractivity contribution >= 4 is 11.7 Å².